The standard InChI is InChI=1S/C19H18N4OS/c1-13-7-3-4-8-14(13)19-21-17(24-22-19)11-23(2)12-18-20-15-9-5-6-10-16(15)25-18/h3-10H,11-12H2,1-2H3. The molecule has 2 aromatic heterocycles. The van der Waals surface area contributed by atoms with Crippen molar-refractivity contribution in [3.63, 3.8) is 0 Å². The molecule has 0 fully saturated rings. The van der Waals surface area contributed by atoms with E-state index in [9.17, 15) is 0 Å². The van der Waals surface area contributed by atoms with Crippen molar-refractivity contribution in [3.8, 4) is 11.4 Å². The van der Waals surface area contributed by atoms with Crippen molar-refractivity contribution in [2.45, 2.75) is 20.0 Å². The number of aryl methyl sites for hydroxylation is 1. The van der Waals surface area contributed by atoms with Crippen LogP contribution in [0.2, 0.25) is 0 Å². The molecule has 0 bridgehead atoms. The molecule has 0 saturated heterocycles. The summed E-state index contributed by atoms with van der Waals surface area (Å²) in [4.78, 5) is 11.3. The third kappa shape index (κ3) is 3.45. The molecule has 6 heteroatoms. The summed E-state index contributed by atoms with van der Waals surface area (Å²) < 4.78 is 6.64. The second-order valence-corrected chi connectivity index (χ2v) is 7.19. The molecule has 25 heavy (non-hydrogen) atoms. The Balaban J connectivity index is 1.46. The number of aromatic nitrogens is 3. The third-order valence-corrected chi connectivity index (χ3v) is 5.02. The Morgan fingerprint density at radius 1 is 1.00 bits per heavy atom. The summed E-state index contributed by atoms with van der Waals surface area (Å²) in [6.07, 6.45) is 0. The maximum absolute atomic E-state index is 5.42. The van der Waals surface area contributed by atoms with Gasteiger partial charge in [0.1, 0.15) is 5.01 Å². The SMILES string of the molecule is Cc1ccccc1-c1noc(CN(C)Cc2nc3ccccc3s2)n1. The normalized spacial score (nSPS) is 11.5. The lowest BCUT2D eigenvalue weighted by atomic mass is 10.1. The van der Waals surface area contributed by atoms with Gasteiger partial charge in [0.2, 0.25) is 11.7 Å². The molecule has 0 atom stereocenters. The third-order valence-electron chi connectivity index (χ3n) is 4.00. The van der Waals surface area contributed by atoms with Crippen molar-refractivity contribution in [1.29, 1.82) is 0 Å². The van der Waals surface area contributed by atoms with Crippen LogP contribution in [0.5, 0.6) is 0 Å². The van der Waals surface area contributed by atoms with Crippen molar-refractivity contribution in [2.24, 2.45) is 0 Å². The fourth-order valence-corrected chi connectivity index (χ4v) is 3.81. The minimum atomic E-state index is 0.592. The molecule has 4 rings (SSSR count). The van der Waals surface area contributed by atoms with E-state index in [1.165, 1.54) is 4.70 Å². The van der Waals surface area contributed by atoms with E-state index in [1.807, 2.05) is 56.4 Å². The lowest BCUT2D eigenvalue weighted by Crippen LogP contribution is -2.17. The summed E-state index contributed by atoms with van der Waals surface area (Å²) in [5, 5.41) is 5.20. The van der Waals surface area contributed by atoms with Crippen LogP contribution in [0, 0.1) is 6.92 Å². The van der Waals surface area contributed by atoms with Crippen LogP contribution >= 0.6 is 11.3 Å². The predicted octanol–water partition coefficient (Wildman–Crippen LogP) is 4.29. The van der Waals surface area contributed by atoms with E-state index in [1.54, 1.807) is 11.3 Å². The Hall–Kier alpha value is -2.57. The number of benzene rings is 2. The van der Waals surface area contributed by atoms with E-state index >= 15 is 0 Å². The van der Waals surface area contributed by atoms with Gasteiger partial charge >= 0.3 is 0 Å². The minimum Gasteiger partial charge on any atom is -0.338 e. The van der Waals surface area contributed by atoms with E-state index in [0.29, 0.717) is 18.3 Å². The molecule has 0 saturated carbocycles. The zero-order chi connectivity index (χ0) is 17.2. The molecule has 0 spiro atoms. The highest BCUT2D eigenvalue weighted by molar-refractivity contribution is 7.18. The average molecular weight is 350 g/mol. The first kappa shape index (κ1) is 15.9. The quantitative estimate of drug-likeness (QED) is 0.537. The van der Waals surface area contributed by atoms with Crippen LogP contribution in [-0.2, 0) is 13.1 Å². The zero-order valence-corrected chi connectivity index (χ0v) is 15.0. The van der Waals surface area contributed by atoms with Crippen molar-refractivity contribution >= 4 is 21.6 Å². The van der Waals surface area contributed by atoms with E-state index in [4.69, 9.17) is 4.52 Å². The van der Waals surface area contributed by atoms with Gasteiger partial charge in [-0.1, -0.05) is 41.6 Å². The Morgan fingerprint density at radius 3 is 2.64 bits per heavy atom. The maximum atomic E-state index is 5.42. The fraction of sp³-hybridized carbons (Fsp3) is 0.211. The van der Waals surface area contributed by atoms with E-state index in [0.717, 1.165) is 28.2 Å². The summed E-state index contributed by atoms with van der Waals surface area (Å²) in [5.74, 6) is 1.25. The summed E-state index contributed by atoms with van der Waals surface area (Å²) in [7, 11) is 2.03. The van der Waals surface area contributed by atoms with E-state index in [-0.39, 0.29) is 0 Å². The van der Waals surface area contributed by atoms with Gasteiger partial charge < -0.3 is 4.52 Å². The van der Waals surface area contributed by atoms with Gasteiger partial charge in [-0.15, -0.1) is 11.3 Å². The molecule has 0 N–H and O–H groups in total. The van der Waals surface area contributed by atoms with Crippen LogP contribution in [0.25, 0.3) is 21.6 Å². The number of nitrogens with zero attached hydrogens (tertiary/aromatic N) is 4. The monoisotopic (exact) mass is 350 g/mol. The van der Waals surface area contributed by atoms with Gasteiger partial charge in [0.15, 0.2) is 0 Å². The van der Waals surface area contributed by atoms with Gasteiger partial charge in [0, 0.05) is 5.56 Å². The first-order valence-corrected chi connectivity index (χ1v) is 8.92. The smallest absolute Gasteiger partial charge is 0.241 e. The predicted molar refractivity (Wildman–Crippen MR) is 99.3 cm³/mol. The molecule has 0 radical (unpaired) electrons. The van der Waals surface area contributed by atoms with Crippen molar-refractivity contribution in [2.75, 3.05) is 7.05 Å². The molecule has 0 aliphatic rings. The molecular weight excluding hydrogens is 332 g/mol. The van der Waals surface area contributed by atoms with E-state index in [2.05, 4.69) is 26.1 Å². The maximum Gasteiger partial charge on any atom is 0.241 e. The highest BCUT2D eigenvalue weighted by atomic mass is 32.1. The molecule has 126 valence electrons. The van der Waals surface area contributed by atoms with Crippen LogP contribution in [-0.4, -0.2) is 27.1 Å². The van der Waals surface area contributed by atoms with E-state index < -0.39 is 0 Å². The van der Waals surface area contributed by atoms with Crippen LogP contribution in [0.4, 0.5) is 0 Å². The number of para-hydroxylation sites is 1. The summed E-state index contributed by atoms with van der Waals surface area (Å²) in [6, 6.07) is 16.2. The van der Waals surface area contributed by atoms with Gasteiger partial charge in [-0.25, -0.2) is 4.98 Å². The van der Waals surface area contributed by atoms with Gasteiger partial charge in [0.25, 0.3) is 0 Å². The number of hydrogen-bond acceptors (Lipinski definition) is 6. The summed E-state index contributed by atoms with van der Waals surface area (Å²) >= 11 is 1.72. The Labute approximate surface area is 149 Å². The first-order chi connectivity index (χ1) is 12.2. The summed E-state index contributed by atoms with van der Waals surface area (Å²) in [6.45, 7) is 3.39. The molecule has 0 aliphatic heterocycles. The molecule has 2 aromatic carbocycles. The molecule has 2 heterocycles. The minimum absolute atomic E-state index is 0.592. The van der Waals surface area contributed by atoms with Gasteiger partial charge in [-0.3, -0.25) is 4.90 Å². The highest BCUT2D eigenvalue weighted by Gasteiger charge is 2.13. The number of rotatable bonds is 5. The molecular formula is C19H18N4OS. The topological polar surface area (TPSA) is 55.1 Å². The highest BCUT2D eigenvalue weighted by Crippen LogP contribution is 2.23. The largest absolute Gasteiger partial charge is 0.338 e. The Bertz CT molecular complexity index is 974. The molecule has 0 amide bonds. The number of thiazole rings is 1. The number of hydrogen-bond donors (Lipinski definition) is 0. The van der Waals surface area contributed by atoms with Gasteiger partial charge in [0.05, 0.1) is 23.3 Å². The lowest BCUT2D eigenvalue weighted by molar-refractivity contribution is 0.260. The Morgan fingerprint density at radius 2 is 1.80 bits per heavy atom. The van der Waals surface area contributed by atoms with Crippen molar-refractivity contribution in [3.05, 3.63) is 65.0 Å². The molecule has 0 unspecified atom stereocenters. The average Bonchev–Trinajstić information content (AvgIpc) is 3.21. The molecule has 4 aromatic rings. The van der Waals surface area contributed by atoms with Crippen molar-refractivity contribution < 1.29 is 4.52 Å². The first-order valence-electron chi connectivity index (χ1n) is 8.10. The van der Waals surface area contributed by atoms with Crippen molar-refractivity contribution in [1.82, 2.24) is 20.0 Å². The van der Waals surface area contributed by atoms with Gasteiger partial charge in [-0.2, -0.15) is 4.98 Å². The second-order valence-electron chi connectivity index (χ2n) is 6.07. The van der Waals surface area contributed by atoms with Crippen LogP contribution in [0.1, 0.15) is 16.5 Å². The number of fused-ring (bicyclic) bond motifs is 1. The van der Waals surface area contributed by atoms with Gasteiger partial charge in [-0.05, 0) is 31.7 Å². The van der Waals surface area contributed by atoms with Crippen LogP contribution in [0.3, 0.4) is 0 Å². The zero-order valence-electron chi connectivity index (χ0n) is 14.1. The molecule has 0 aliphatic carbocycles. The van der Waals surface area contributed by atoms with Crippen LogP contribution < -0.4 is 0 Å². The fourth-order valence-electron chi connectivity index (χ4n) is 2.76. The molecule has 5 nitrogen and oxygen atoms in total. The lowest BCUT2D eigenvalue weighted by Gasteiger charge is -2.11. The summed E-state index contributed by atoms with van der Waals surface area (Å²) in [5.41, 5.74) is 3.19. The Kier molecular flexibility index (Phi) is 4.29. The van der Waals surface area contributed by atoms with Crippen LogP contribution in [0.15, 0.2) is 53.1 Å². The second kappa shape index (κ2) is 6.74.